The summed E-state index contributed by atoms with van der Waals surface area (Å²) < 4.78 is 10.8. The molecule has 2 heterocycles. The van der Waals surface area contributed by atoms with Crippen LogP contribution in [0.2, 0.25) is 0 Å². The Hall–Kier alpha value is -2.01. The number of carbonyl (C=O) groups is 1. The smallest absolute Gasteiger partial charge is 0.224 e. The summed E-state index contributed by atoms with van der Waals surface area (Å²) in [5, 5.41) is 4.15. The third-order valence-electron chi connectivity index (χ3n) is 4.71. The highest BCUT2D eigenvalue weighted by Crippen LogP contribution is 2.26. The molecule has 1 aromatic carbocycles. The van der Waals surface area contributed by atoms with Crippen molar-refractivity contribution < 1.29 is 13.9 Å². The zero-order valence-corrected chi connectivity index (χ0v) is 14.5. The number of carbonyl (C=O) groups excluding carboxylic acids is 1. The Balaban J connectivity index is 1.56. The molecule has 1 aliphatic rings. The standard InChI is InChI=1S/C19H26N2O3/c1-3-8-21-9-6-15(7-10-21)20-19(22)11-14-13-24-18-12-16(23-2)4-5-17(14)18/h4-5,12-13,15H,3,6-11H2,1-2H3,(H,20,22). The molecule has 1 saturated heterocycles. The summed E-state index contributed by atoms with van der Waals surface area (Å²) in [6.07, 6.45) is 5.29. The molecular weight excluding hydrogens is 304 g/mol. The van der Waals surface area contributed by atoms with Crippen molar-refractivity contribution in [3.05, 3.63) is 30.0 Å². The molecule has 5 nitrogen and oxygen atoms in total. The van der Waals surface area contributed by atoms with Crippen LogP contribution in [0.5, 0.6) is 5.75 Å². The number of hydrogen-bond donors (Lipinski definition) is 1. The van der Waals surface area contributed by atoms with Gasteiger partial charge in [0, 0.05) is 36.1 Å². The number of rotatable bonds is 6. The Morgan fingerprint density at radius 2 is 2.17 bits per heavy atom. The highest BCUT2D eigenvalue weighted by Gasteiger charge is 2.20. The van der Waals surface area contributed by atoms with Gasteiger partial charge in [0.25, 0.3) is 0 Å². The summed E-state index contributed by atoms with van der Waals surface area (Å²) in [6.45, 7) is 5.52. The molecule has 0 unspecified atom stereocenters. The highest BCUT2D eigenvalue weighted by molar-refractivity contribution is 5.88. The predicted octanol–water partition coefficient (Wildman–Crippen LogP) is 2.97. The SMILES string of the molecule is CCCN1CCC(NC(=O)Cc2coc3cc(OC)ccc23)CC1. The first kappa shape index (κ1) is 16.8. The molecule has 2 aromatic rings. The van der Waals surface area contributed by atoms with E-state index in [9.17, 15) is 4.79 Å². The second-order valence-electron chi connectivity index (χ2n) is 6.48. The van der Waals surface area contributed by atoms with Gasteiger partial charge in [-0.25, -0.2) is 0 Å². The van der Waals surface area contributed by atoms with Crippen LogP contribution in [-0.2, 0) is 11.2 Å². The van der Waals surface area contributed by atoms with Gasteiger partial charge in [0.05, 0.1) is 19.8 Å². The third-order valence-corrected chi connectivity index (χ3v) is 4.71. The third kappa shape index (κ3) is 3.90. The number of fused-ring (bicyclic) bond motifs is 1. The molecule has 130 valence electrons. The summed E-state index contributed by atoms with van der Waals surface area (Å²) in [7, 11) is 1.63. The van der Waals surface area contributed by atoms with Gasteiger partial charge in [-0.05, 0) is 37.9 Å². The van der Waals surface area contributed by atoms with Gasteiger partial charge in [0.15, 0.2) is 0 Å². The van der Waals surface area contributed by atoms with Crippen molar-refractivity contribution in [2.75, 3.05) is 26.7 Å². The first-order chi connectivity index (χ1) is 11.7. The lowest BCUT2D eigenvalue weighted by Gasteiger charge is -2.32. The zero-order valence-electron chi connectivity index (χ0n) is 14.5. The summed E-state index contributed by atoms with van der Waals surface area (Å²) in [5.41, 5.74) is 1.68. The molecule has 0 saturated carbocycles. The van der Waals surface area contributed by atoms with Crippen LogP contribution >= 0.6 is 0 Å². The van der Waals surface area contributed by atoms with E-state index in [4.69, 9.17) is 9.15 Å². The molecule has 1 aliphatic heterocycles. The summed E-state index contributed by atoms with van der Waals surface area (Å²) in [6, 6.07) is 5.98. The summed E-state index contributed by atoms with van der Waals surface area (Å²) >= 11 is 0. The van der Waals surface area contributed by atoms with Crippen LogP contribution in [0.1, 0.15) is 31.7 Å². The van der Waals surface area contributed by atoms with Crippen LogP contribution in [0.3, 0.4) is 0 Å². The summed E-state index contributed by atoms with van der Waals surface area (Å²) in [5.74, 6) is 0.828. The van der Waals surface area contributed by atoms with Crippen LogP contribution in [0.15, 0.2) is 28.9 Å². The monoisotopic (exact) mass is 330 g/mol. The first-order valence-electron chi connectivity index (χ1n) is 8.75. The van der Waals surface area contributed by atoms with E-state index in [0.717, 1.165) is 54.8 Å². The number of nitrogens with one attached hydrogen (secondary N) is 1. The van der Waals surface area contributed by atoms with Crippen molar-refractivity contribution in [3.8, 4) is 5.75 Å². The molecule has 5 heteroatoms. The molecule has 0 atom stereocenters. The van der Waals surface area contributed by atoms with E-state index in [1.54, 1.807) is 13.4 Å². The number of benzene rings is 1. The van der Waals surface area contributed by atoms with E-state index in [-0.39, 0.29) is 5.91 Å². The van der Waals surface area contributed by atoms with E-state index >= 15 is 0 Å². The highest BCUT2D eigenvalue weighted by atomic mass is 16.5. The Labute approximate surface area is 143 Å². The van der Waals surface area contributed by atoms with E-state index in [2.05, 4.69) is 17.1 Å². The molecule has 0 radical (unpaired) electrons. The molecule has 1 aromatic heterocycles. The van der Waals surface area contributed by atoms with Crippen LogP contribution in [0.25, 0.3) is 11.0 Å². The zero-order chi connectivity index (χ0) is 16.9. The van der Waals surface area contributed by atoms with Gasteiger partial charge in [-0.15, -0.1) is 0 Å². The molecular formula is C19H26N2O3. The van der Waals surface area contributed by atoms with Gasteiger partial charge in [-0.3, -0.25) is 4.79 Å². The van der Waals surface area contributed by atoms with Crippen LogP contribution in [0, 0.1) is 0 Å². The molecule has 24 heavy (non-hydrogen) atoms. The quantitative estimate of drug-likeness (QED) is 0.885. The minimum Gasteiger partial charge on any atom is -0.497 e. The first-order valence-corrected chi connectivity index (χ1v) is 8.75. The van der Waals surface area contributed by atoms with Gasteiger partial charge in [0.1, 0.15) is 11.3 Å². The minimum atomic E-state index is 0.0717. The Bertz CT molecular complexity index is 687. The van der Waals surface area contributed by atoms with Crippen molar-refractivity contribution in [2.45, 2.75) is 38.6 Å². The van der Waals surface area contributed by atoms with Crippen molar-refractivity contribution in [3.63, 3.8) is 0 Å². The van der Waals surface area contributed by atoms with E-state index in [1.165, 1.54) is 6.42 Å². The van der Waals surface area contributed by atoms with Gasteiger partial charge in [-0.2, -0.15) is 0 Å². The number of ether oxygens (including phenoxy) is 1. The van der Waals surface area contributed by atoms with Crippen LogP contribution < -0.4 is 10.1 Å². The molecule has 1 amide bonds. The Morgan fingerprint density at radius 1 is 1.38 bits per heavy atom. The molecule has 1 N–H and O–H groups in total. The fraction of sp³-hybridized carbons (Fsp3) is 0.526. The number of amides is 1. The fourth-order valence-electron chi connectivity index (χ4n) is 3.40. The lowest BCUT2D eigenvalue weighted by molar-refractivity contribution is -0.121. The van der Waals surface area contributed by atoms with Crippen molar-refractivity contribution in [2.24, 2.45) is 0 Å². The van der Waals surface area contributed by atoms with Gasteiger partial charge >= 0.3 is 0 Å². The van der Waals surface area contributed by atoms with Crippen molar-refractivity contribution >= 4 is 16.9 Å². The Morgan fingerprint density at radius 3 is 2.88 bits per heavy atom. The number of methoxy groups -OCH3 is 1. The van der Waals surface area contributed by atoms with Gasteiger partial charge in [0.2, 0.25) is 5.91 Å². The molecule has 3 rings (SSSR count). The van der Waals surface area contributed by atoms with Crippen LogP contribution in [0.4, 0.5) is 0 Å². The lowest BCUT2D eigenvalue weighted by Crippen LogP contribution is -2.45. The normalized spacial score (nSPS) is 16.4. The van der Waals surface area contributed by atoms with Gasteiger partial charge < -0.3 is 19.4 Å². The predicted molar refractivity (Wildman–Crippen MR) is 94.4 cm³/mol. The molecule has 0 aliphatic carbocycles. The minimum absolute atomic E-state index is 0.0717. The fourth-order valence-corrected chi connectivity index (χ4v) is 3.40. The van der Waals surface area contributed by atoms with Gasteiger partial charge in [-0.1, -0.05) is 6.92 Å². The maximum Gasteiger partial charge on any atom is 0.224 e. The number of likely N-dealkylation sites (tertiary alicyclic amines) is 1. The average Bonchev–Trinajstić information content (AvgIpc) is 2.99. The summed E-state index contributed by atoms with van der Waals surface area (Å²) in [4.78, 5) is 14.8. The maximum atomic E-state index is 12.4. The van der Waals surface area contributed by atoms with Crippen LogP contribution in [-0.4, -0.2) is 43.6 Å². The maximum absolute atomic E-state index is 12.4. The topological polar surface area (TPSA) is 54.7 Å². The number of furan rings is 1. The second-order valence-corrected chi connectivity index (χ2v) is 6.48. The molecule has 0 bridgehead atoms. The molecule has 1 fully saturated rings. The average molecular weight is 330 g/mol. The Kier molecular flexibility index (Phi) is 5.41. The number of piperidine rings is 1. The van der Waals surface area contributed by atoms with Crippen molar-refractivity contribution in [1.82, 2.24) is 10.2 Å². The number of nitrogens with zero attached hydrogens (tertiary/aromatic N) is 1. The van der Waals surface area contributed by atoms with Crippen molar-refractivity contribution in [1.29, 1.82) is 0 Å². The van der Waals surface area contributed by atoms with E-state index in [0.29, 0.717) is 12.5 Å². The van der Waals surface area contributed by atoms with E-state index < -0.39 is 0 Å². The lowest BCUT2D eigenvalue weighted by atomic mass is 10.0. The second kappa shape index (κ2) is 7.71. The largest absolute Gasteiger partial charge is 0.497 e. The van der Waals surface area contributed by atoms with E-state index in [1.807, 2.05) is 18.2 Å². The number of hydrogen-bond acceptors (Lipinski definition) is 4. The molecule has 0 spiro atoms.